The highest BCUT2D eigenvalue weighted by Gasteiger charge is 2.22. The second kappa shape index (κ2) is 13.3. The lowest BCUT2D eigenvalue weighted by Crippen LogP contribution is -2.26. The van der Waals surface area contributed by atoms with E-state index in [9.17, 15) is 13.8 Å². The number of benzene rings is 3. The molecule has 0 aliphatic heterocycles. The summed E-state index contributed by atoms with van der Waals surface area (Å²) in [5.41, 5.74) is 6.19. The van der Waals surface area contributed by atoms with Crippen LogP contribution in [0.1, 0.15) is 82.6 Å². The fraction of sp³-hybridized carbons (Fsp3) is 0.389. The monoisotopic (exact) mass is 630 g/mol. The zero-order chi connectivity index (χ0) is 33.3. The number of hydrogen-bond donors (Lipinski definition) is 1. The average molecular weight is 631 g/mol. The smallest absolute Gasteiger partial charge is 0.418 e. The van der Waals surface area contributed by atoms with Crippen LogP contribution in [0.15, 0.2) is 76.1 Å². The number of fused-ring (bicyclic) bond motifs is 1. The standard InChI is InChI=1S/C36H46N4O4S/c1-23(2)30-19-28(26-12-15-33-27(18-26)16-17-40(33)35(42)44-36(5,6)7)20-31(24(3)4)32(30)21-34(41)38-45(37,43)29-13-10-25(11-14-29)22-39(8)9/h10-20,23-24H,21-22H2,1-9H3,(H2,37,38,41,43). The van der Waals surface area contributed by atoms with Crippen molar-refractivity contribution in [2.45, 2.75) is 83.8 Å². The van der Waals surface area contributed by atoms with Gasteiger partial charge in [-0.2, -0.15) is 0 Å². The lowest BCUT2D eigenvalue weighted by Gasteiger charge is -2.21. The Bertz CT molecular complexity index is 1810. The van der Waals surface area contributed by atoms with Gasteiger partial charge in [0.05, 0.1) is 16.8 Å². The van der Waals surface area contributed by atoms with Crippen LogP contribution in [0.4, 0.5) is 4.79 Å². The van der Waals surface area contributed by atoms with Crippen LogP contribution in [0.2, 0.25) is 0 Å². The van der Waals surface area contributed by atoms with Gasteiger partial charge in [0.1, 0.15) is 15.5 Å². The molecular weight excluding hydrogens is 584 g/mol. The molecule has 1 aromatic heterocycles. The van der Waals surface area contributed by atoms with Gasteiger partial charge in [0, 0.05) is 18.1 Å². The number of ether oxygens (including phenoxy) is 1. The zero-order valence-electron chi connectivity index (χ0n) is 27.9. The molecule has 4 aromatic rings. The molecule has 3 aromatic carbocycles. The lowest BCUT2D eigenvalue weighted by molar-refractivity contribution is -0.117. The average Bonchev–Trinajstić information content (AvgIpc) is 3.35. The predicted octanol–water partition coefficient (Wildman–Crippen LogP) is 7.87. The summed E-state index contributed by atoms with van der Waals surface area (Å²) in [4.78, 5) is 28.5. The van der Waals surface area contributed by atoms with Gasteiger partial charge in [-0.15, -0.1) is 4.36 Å². The van der Waals surface area contributed by atoms with E-state index in [1.807, 2.05) is 70.1 Å². The molecule has 0 bridgehead atoms. The topological polar surface area (TPSA) is 107 Å². The quantitative estimate of drug-likeness (QED) is 0.213. The predicted molar refractivity (Wildman–Crippen MR) is 183 cm³/mol. The number of nitrogens with two attached hydrogens (primary N) is 1. The number of carbonyl (C=O) groups excluding carboxylic acids is 2. The van der Waals surface area contributed by atoms with Crippen molar-refractivity contribution in [3.63, 3.8) is 0 Å². The minimum absolute atomic E-state index is 0.00594. The van der Waals surface area contributed by atoms with Gasteiger partial charge in [0.25, 0.3) is 5.91 Å². The van der Waals surface area contributed by atoms with Crippen LogP contribution in [-0.2, 0) is 32.4 Å². The first-order chi connectivity index (χ1) is 20.9. The van der Waals surface area contributed by atoms with Crippen molar-refractivity contribution in [1.29, 1.82) is 0 Å². The Balaban J connectivity index is 1.69. The molecule has 8 nitrogen and oxygen atoms in total. The van der Waals surface area contributed by atoms with E-state index >= 15 is 0 Å². The van der Waals surface area contributed by atoms with Gasteiger partial charge >= 0.3 is 6.09 Å². The normalized spacial score (nSPS) is 13.4. The minimum atomic E-state index is -3.40. The first-order valence-electron chi connectivity index (χ1n) is 15.3. The SMILES string of the molecule is CC(C)c1cc(-c2ccc3c(ccn3C(=O)OC(C)(C)C)c2)cc(C(C)C)c1CC(=O)N=S(N)(=O)c1ccc(CN(C)C)cc1. The Morgan fingerprint density at radius 3 is 2.04 bits per heavy atom. The molecule has 240 valence electrons. The molecule has 0 aliphatic carbocycles. The van der Waals surface area contributed by atoms with E-state index in [1.54, 1.807) is 18.3 Å². The number of rotatable bonds is 8. The molecule has 0 spiro atoms. The summed E-state index contributed by atoms with van der Waals surface area (Å²) in [6, 6.07) is 19.2. The molecule has 1 amide bonds. The second-order valence-corrected chi connectivity index (χ2v) is 15.3. The van der Waals surface area contributed by atoms with Crippen LogP contribution in [0.3, 0.4) is 0 Å². The third kappa shape index (κ3) is 8.28. The van der Waals surface area contributed by atoms with E-state index in [-0.39, 0.29) is 18.3 Å². The van der Waals surface area contributed by atoms with Crippen molar-refractivity contribution in [3.05, 3.63) is 89.1 Å². The van der Waals surface area contributed by atoms with E-state index < -0.39 is 27.5 Å². The Morgan fingerprint density at radius 1 is 0.911 bits per heavy atom. The number of hydrogen-bond acceptors (Lipinski definition) is 5. The van der Waals surface area contributed by atoms with Gasteiger partial charge < -0.3 is 9.64 Å². The van der Waals surface area contributed by atoms with Crippen molar-refractivity contribution < 1.29 is 18.5 Å². The Kier molecular flexibility index (Phi) is 10.1. The van der Waals surface area contributed by atoms with Gasteiger partial charge in [-0.1, -0.05) is 58.0 Å². The highest BCUT2D eigenvalue weighted by atomic mass is 32.2. The molecule has 1 unspecified atom stereocenters. The summed E-state index contributed by atoms with van der Waals surface area (Å²) >= 11 is 0. The van der Waals surface area contributed by atoms with E-state index in [2.05, 4.69) is 50.3 Å². The molecule has 9 heteroatoms. The van der Waals surface area contributed by atoms with Crippen molar-refractivity contribution in [2.24, 2.45) is 9.50 Å². The Labute approximate surface area is 267 Å². The van der Waals surface area contributed by atoms with Gasteiger partial charge in [-0.3, -0.25) is 9.36 Å². The van der Waals surface area contributed by atoms with Crippen LogP contribution in [0.5, 0.6) is 0 Å². The van der Waals surface area contributed by atoms with Gasteiger partial charge in [0.15, 0.2) is 0 Å². The first kappa shape index (κ1) is 34.1. The Hall–Kier alpha value is -3.79. The van der Waals surface area contributed by atoms with E-state index in [0.717, 1.165) is 50.8 Å². The maximum Gasteiger partial charge on any atom is 0.418 e. The van der Waals surface area contributed by atoms with E-state index in [0.29, 0.717) is 4.90 Å². The van der Waals surface area contributed by atoms with Gasteiger partial charge in [0.2, 0.25) is 0 Å². The zero-order valence-corrected chi connectivity index (χ0v) is 28.7. The maximum absolute atomic E-state index is 13.4. The summed E-state index contributed by atoms with van der Waals surface area (Å²) in [5, 5.41) is 7.05. The molecule has 45 heavy (non-hydrogen) atoms. The van der Waals surface area contributed by atoms with Gasteiger partial charge in [-0.05, 0) is 110 Å². The number of carbonyl (C=O) groups is 2. The molecule has 1 heterocycles. The van der Waals surface area contributed by atoms with E-state index in [1.165, 1.54) is 4.57 Å². The highest BCUT2D eigenvalue weighted by molar-refractivity contribution is 7.91. The van der Waals surface area contributed by atoms with Crippen molar-refractivity contribution in [1.82, 2.24) is 9.47 Å². The minimum Gasteiger partial charge on any atom is -0.443 e. The molecule has 0 fully saturated rings. The summed E-state index contributed by atoms with van der Waals surface area (Å²) in [7, 11) is 0.548. The molecule has 0 saturated heterocycles. The van der Waals surface area contributed by atoms with Crippen LogP contribution in [0.25, 0.3) is 22.0 Å². The van der Waals surface area contributed by atoms with Crippen LogP contribution < -0.4 is 5.14 Å². The first-order valence-corrected chi connectivity index (χ1v) is 16.9. The number of nitrogens with zero attached hydrogens (tertiary/aromatic N) is 3. The van der Waals surface area contributed by atoms with Gasteiger partial charge in [-0.25, -0.2) is 14.1 Å². The summed E-state index contributed by atoms with van der Waals surface area (Å²) in [5.74, 6) is -0.274. The van der Waals surface area contributed by atoms with Crippen molar-refractivity contribution in [2.75, 3.05) is 14.1 Å². The van der Waals surface area contributed by atoms with E-state index in [4.69, 9.17) is 9.88 Å². The van der Waals surface area contributed by atoms with Crippen LogP contribution in [0, 0.1) is 0 Å². The highest BCUT2D eigenvalue weighted by Crippen LogP contribution is 2.35. The molecule has 0 aliphatic rings. The summed E-state index contributed by atoms with van der Waals surface area (Å²) in [6.45, 7) is 14.7. The molecular formula is C36H46N4O4S. The third-order valence-electron chi connectivity index (χ3n) is 7.50. The summed E-state index contributed by atoms with van der Waals surface area (Å²) < 4.78 is 24.5. The lowest BCUT2D eigenvalue weighted by atomic mass is 9.84. The third-order valence-corrected chi connectivity index (χ3v) is 8.92. The molecule has 4 rings (SSSR count). The van der Waals surface area contributed by atoms with Crippen LogP contribution >= 0.6 is 0 Å². The number of amides is 1. The molecule has 1 atom stereocenters. The molecule has 0 radical (unpaired) electrons. The van der Waals surface area contributed by atoms with Crippen molar-refractivity contribution in [3.8, 4) is 11.1 Å². The molecule has 0 saturated carbocycles. The second-order valence-electron chi connectivity index (χ2n) is 13.5. The number of aromatic nitrogens is 1. The van der Waals surface area contributed by atoms with Crippen molar-refractivity contribution >= 4 is 32.8 Å². The fourth-order valence-electron chi connectivity index (χ4n) is 5.45. The maximum atomic E-state index is 13.4. The van der Waals surface area contributed by atoms with Crippen LogP contribution in [-0.4, -0.2) is 45.4 Å². The fourth-order valence-corrected chi connectivity index (χ4v) is 6.45. The molecule has 2 N–H and O–H groups in total. The summed E-state index contributed by atoms with van der Waals surface area (Å²) in [6.07, 6.45) is 1.32. The Morgan fingerprint density at radius 2 is 1.51 bits per heavy atom. The largest absolute Gasteiger partial charge is 0.443 e.